The van der Waals surface area contributed by atoms with E-state index >= 15 is 0 Å². The van der Waals surface area contributed by atoms with Gasteiger partial charge in [0.25, 0.3) is 5.69 Å². The first-order chi connectivity index (χ1) is 13.1. The van der Waals surface area contributed by atoms with Crippen molar-refractivity contribution in [3.8, 4) is 0 Å². The zero-order chi connectivity index (χ0) is 18.8. The fourth-order valence-corrected chi connectivity index (χ4v) is 3.07. The van der Waals surface area contributed by atoms with E-state index in [-0.39, 0.29) is 11.7 Å². The summed E-state index contributed by atoms with van der Waals surface area (Å²) in [6.07, 6.45) is 4.99. The number of fused-ring (bicyclic) bond motifs is 1. The number of nitrogens with zero attached hydrogens (tertiary/aromatic N) is 5. The molecule has 0 N–H and O–H groups in total. The van der Waals surface area contributed by atoms with Crippen LogP contribution in [0.2, 0.25) is 0 Å². The van der Waals surface area contributed by atoms with Gasteiger partial charge in [0.15, 0.2) is 0 Å². The SMILES string of the molecule is O=C1N(Cc2cccnc2)Cc2cccnc2N1c1cccc([N+](=O)[O-])c1. The van der Waals surface area contributed by atoms with Crippen molar-refractivity contribution in [3.05, 3.63) is 88.4 Å². The van der Waals surface area contributed by atoms with Crippen molar-refractivity contribution in [2.75, 3.05) is 4.90 Å². The van der Waals surface area contributed by atoms with Crippen molar-refractivity contribution in [1.29, 1.82) is 0 Å². The lowest BCUT2D eigenvalue weighted by Crippen LogP contribution is -2.44. The quantitative estimate of drug-likeness (QED) is 0.522. The molecule has 0 atom stereocenters. The maximum absolute atomic E-state index is 13.2. The summed E-state index contributed by atoms with van der Waals surface area (Å²) < 4.78 is 0. The Bertz CT molecular complexity index is 1010. The summed E-state index contributed by atoms with van der Waals surface area (Å²) in [5.41, 5.74) is 2.09. The average molecular weight is 361 g/mol. The largest absolute Gasteiger partial charge is 0.330 e. The molecule has 1 aliphatic rings. The summed E-state index contributed by atoms with van der Waals surface area (Å²) in [7, 11) is 0. The smallest absolute Gasteiger partial charge is 0.315 e. The maximum atomic E-state index is 13.2. The van der Waals surface area contributed by atoms with Gasteiger partial charge in [0.1, 0.15) is 5.82 Å². The minimum absolute atomic E-state index is 0.0813. The molecular weight excluding hydrogens is 346 g/mol. The summed E-state index contributed by atoms with van der Waals surface area (Å²) in [5, 5.41) is 11.1. The van der Waals surface area contributed by atoms with Crippen LogP contribution in [0.5, 0.6) is 0 Å². The molecule has 3 aromatic rings. The van der Waals surface area contributed by atoms with E-state index in [9.17, 15) is 14.9 Å². The fraction of sp³-hybridized carbons (Fsp3) is 0.105. The van der Waals surface area contributed by atoms with Crippen molar-refractivity contribution < 1.29 is 9.72 Å². The molecule has 1 aliphatic heterocycles. The first-order valence-electron chi connectivity index (χ1n) is 8.30. The minimum atomic E-state index is -0.481. The van der Waals surface area contributed by atoms with Gasteiger partial charge in [-0.3, -0.25) is 15.1 Å². The van der Waals surface area contributed by atoms with Crippen molar-refractivity contribution in [2.24, 2.45) is 0 Å². The molecule has 0 spiro atoms. The number of amides is 2. The van der Waals surface area contributed by atoms with Gasteiger partial charge in [-0.25, -0.2) is 14.7 Å². The number of urea groups is 1. The number of aromatic nitrogens is 2. The summed E-state index contributed by atoms with van der Waals surface area (Å²) in [5.74, 6) is 0.491. The van der Waals surface area contributed by atoms with Crippen molar-refractivity contribution in [2.45, 2.75) is 13.1 Å². The van der Waals surface area contributed by atoms with E-state index in [1.165, 1.54) is 17.0 Å². The Morgan fingerprint density at radius 2 is 1.96 bits per heavy atom. The number of nitro groups is 1. The molecule has 134 valence electrons. The van der Waals surface area contributed by atoms with Crippen LogP contribution < -0.4 is 4.90 Å². The number of carbonyl (C=O) groups is 1. The number of non-ortho nitro benzene ring substituents is 1. The van der Waals surface area contributed by atoms with Gasteiger partial charge in [0.05, 0.1) is 17.2 Å². The monoisotopic (exact) mass is 361 g/mol. The van der Waals surface area contributed by atoms with Gasteiger partial charge in [0, 0.05) is 42.8 Å². The first kappa shape index (κ1) is 16.6. The van der Waals surface area contributed by atoms with Gasteiger partial charge in [-0.1, -0.05) is 18.2 Å². The number of hydrogen-bond donors (Lipinski definition) is 0. The van der Waals surface area contributed by atoms with Gasteiger partial charge in [-0.05, 0) is 23.8 Å². The molecule has 2 aromatic heterocycles. The topological polar surface area (TPSA) is 92.5 Å². The third kappa shape index (κ3) is 3.20. The van der Waals surface area contributed by atoms with Crippen LogP contribution in [0, 0.1) is 10.1 Å². The predicted octanol–water partition coefficient (Wildman–Crippen LogP) is 3.66. The van der Waals surface area contributed by atoms with E-state index in [0.29, 0.717) is 24.6 Å². The van der Waals surface area contributed by atoms with Crippen LogP contribution in [-0.2, 0) is 13.1 Å². The molecule has 0 bridgehead atoms. The van der Waals surface area contributed by atoms with E-state index in [1.807, 2.05) is 24.3 Å². The highest BCUT2D eigenvalue weighted by molar-refractivity contribution is 6.00. The number of carbonyl (C=O) groups excluding carboxylic acids is 1. The molecule has 0 aliphatic carbocycles. The highest BCUT2D eigenvalue weighted by Gasteiger charge is 2.33. The normalized spacial score (nSPS) is 13.4. The van der Waals surface area contributed by atoms with Gasteiger partial charge >= 0.3 is 6.03 Å². The molecule has 0 radical (unpaired) electrons. The molecule has 8 nitrogen and oxygen atoms in total. The molecule has 0 unspecified atom stereocenters. The van der Waals surface area contributed by atoms with E-state index < -0.39 is 4.92 Å². The van der Waals surface area contributed by atoms with Crippen LogP contribution in [0.3, 0.4) is 0 Å². The van der Waals surface area contributed by atoms with E-state index in [4.69, 9.17) is 0 Å². The molecule has 4 rings (SSSR count). The van der Waals surface area contributed by atoms with Crippen LogP contribution in [0.25, 0.3) is 0 Å². The number of nitro benzene ring substituents is 1. The Morgan fingerprint density at radius 3 is 2.74 bits per heavy atom. The molecule has 2 amide bonds. The van der Waals surface area contributed by atoms with Crippen molar-refractivity contribution in [3.63, 3.8) is 0 Å². The molecule has 8 heteroatoms. The minimum Gasteiger partial charge on any atom is -0.315 e. The molecule has 3 heterocycles. The van der Waals surface area contributed by atoms with E-state index in [0.717, 1.165) is 11.1 Å². The lowest BCUT2D eigenvalue weighted by Gasteiger charge is -2.36. The molecule has 0 saturated heterocycles. The lowest BCUT2D eigenvalue weighted by atomic mass is 10.1. The summed E-state index contributed by atoms with van der Waals surface area (Å²) in [4.78, 5) is 35.4. The standard InChI is InChI=1S/C19H15N5O3/c25-19-22(12-14-4-2-8-20-11-14)13-15-5-3-9-21-18(15)23(19)16-6-1-7-17(10-16)24(26)27/h1-11H,12-13H2. The number of benzene rings is 1. The summed E-state index contributed by atoms with van der Waals surface area (Å²) >= 11 is 0. The van der Waals surface area contributed by atoms with Gasteiger partial charge in [0.2, 0.25) is 0 Å². The van der Waals surface area contributed by atoms with Gasteiger partial charge in [-0.2, -0.15) is 0 Å². The molecule has 0 fully saturated rings. The Balaban J connectivity index is 1.76. The number of rotatable bonds is 4. The second-order valence-corrected chi connectivity index (χ2v) is 6.10. The van der Waals surface area contributed by atoms with Crippen LogP contribution in [-0.4, -0.2) is 25.8 Å². The van der Waals surface area contributed by atoms with Gasteiger partial charge in [-0.15, -0.1) is 0 Å². The zero-order valence-electron chi connectivity index (χ0n) is 14.2. The number of anilines is 2. The third-order valence-corrected chi connectivity index (χ3v) is 4.30. The Kier molecular flexibility index (Phi) is 4.21. The Morgan fingerprint density at radius 1 is 1.11 bits per heavy atom. The van der Waals surface area contributed by atoms with Crippen molar-refractivity contribution >= 4 is 23.2 Å². The first-order valence-corrected chi connectivity index (χ1v) is 8.30. The van der Waals surface area contributed by atoms with Crippen LogP contribution in [0.1, 0.15) is 11.1 Å². The number of hydrogen-bond acceptors (Lipinski definition) is 5. The fourth-order valence-electron chi connectivity index (χ4n) is 3.07. The Hall–Kier alpha value is -3.81. The van der Waals surface area contributed by atoms with Crippen molar-refractivity contribution in [1.82, 2.24) is 14.9 Å². The molecule has 27 heavy (non-hydrogen) atoms. The van der Waals surface area contributed by atoms with Crippen LogP contribution >= 0.6 is 0 Å². The van der Waals surface area contributed by atoms with E-state index in [2.05, 4.69) is 9.97 Å². The third-order valence-electron chi connectivity index (χ3n) is 4.30. The zero-order valence-corrected chi connectivity index (χ0v) is 14.2. The second kappa shape index (κ2) is 6.83. The molecule has 1 aromatic carbocycles. The van der Waals surface area contributed by atoms with Crippen LogP contribution in [0.15, 0.2) is 67.1 Å². The lowest BCUT2D eigenvalue weighted by molar-refractivity contribution is -0.384. The molecule has 0 saturated carbocycles. The summed E-state index contributed by atoms with van der Waals surface area (Å²) in [6, 6.07) is 13.1. The summed E-state index contributed by atoms with van der Waals surface area (Å²) in [6.45, 7) is 0.786. The highest BCUT2D eigenvalue weighted by atomic mass is 16.6. The second-order valence-electron chi connectivity index (χ2n) is 6.10. The predicted molar refractivity (Wildman–Crippen MR) is 98.4 cm³/mol. The number of pyridine rings is 2. The molecular formula is C19H15N5O3. The maximum Gasteiger partial charge on any atom is 0.330 e. The van der Waals surface area contributed by atoms with E-state index in [1.54, 1.807) is 35.6 Å². The Labute approximate surface area is 154 Å². The highest BCUT2D eigenvalue weighted by Crippen LogP contribution is 2.35. The van der Waals surface area contributed by atoms with Gasteiger partial charge < -0.3 is 4.90 Å². The average Bonchev–Trinajstić information content (AvgIpc) is 2.69. The van der Waals surface area contributed by atoms with Crippen LogP contribution in [0.4, 0.5) is 22.0 Å².